The number of nitrogens with zero attached hydrogens (tertiary/aromatic N) is 4. The number of benzene rings is 7. The molecule has 7 aromatic carbocycles. The molecule has 2 aliphatic rings. The summed E-state index contributed by atoms with van der Waals surface area (Å²) in [6, 6.07) is 54.0. The van der Waals surface area contributed by atoms with Crippen LogP contribution in [0, 0.1) is 6.92 Å². The van der Waals surface area contributed by atoms with E-state index in [4.69, 9.17) is 14.4 Å². The van der Waals surface area contributed by atoms with E-state index in [9.17, 15) is 0 Å². The molecule has 6 nitrogen and oxygen atoms in total. The van der Waals surface area contributed by atoms with Gasteiger partial charge in [0.1, 0.15) is 23.2 Å². The minimum absolute atomic E-state index is 0.326. The lowest BCUT2D eigenvalue weighted by atomic mass is 9.99. The molecule has 1 atom stereocenters. The van der Waals surface area contributed by atoms with Gasteiger partial charge in [0.2, 0.25) is 5.96 Å². The van der Waals surface area contributed by atoms with E-state index >= 15 is 0 Å². The highest BCUT2D eigenvalue weighted by molar-refractivity contribution is 6.23. The van der Waals surface area contributed by atoms with Crippen molar-refractivity contribution < 1.29 is 4.42 Å². The van der Waals surface area contributed by atoms with Crippen LogP contribution >= 0.6 is 0 Å². The van der Waals surface area contributed by atoms with E-state index in [1.165, 1.54) is 38.5 Å². The number of amidine groups is 1. The summed E-state index contributed by atoms with van der Waals surface area (Å²) >= 11 is 0. The number of aryl methyl sites for hydroxylation is 1. The van der Waals surface area contributed by atoms with E-state index < -0.39 is 0 Å². The number of aliphatic imine (C=N–C) groups is 2. The molecule has 1 aliphatic carbocycles. The fraction of sp³-hybridized carbons (Fsp3) is 0.0769. The summed E-state index contributed by atoms with van der Waals surface area (Å²) in [5.41, 5.74) is 13.2. The number of hydrogen-bond donors (Lipinski definition) is 1. The monoisotopic (exact) mass is 747 g/mol. The zero-order valence-corrected chi connectivity index (χ0v) is 31.9. The Balaban J connectivity index is 1.16. The number of furan rings is 1. The van der Waals surface area contributed by atoms with Crippen molar-refractivity contribution >= 4 is 83.0 Å². The highest BCUT2D eigenvalue weighted by Crippen LogP contribution is 2.42. The van der Waals surface area contributed by atoms with Crippen molar-refractivity contribution in [1.29, 1.82) is 0 Å². The van der Waals surface area contributed by atoms with Crippen molar-refractivity contribution in [3.63, 3.8) is 0 Å². The van der Waals surface area contributed by atoms with Gasteiger partial charge in [-0.05, 0) is 96.6 Å². The highest BCUT2D eigenvalue weighted by Gasteiger charge is 2.26. The molecule has 0 spiro atoms. The topological polar surface area (TPSA) is 59.8 Å². The summed E-state index contributed by atoms with van der Waals surface area (Å²) in [7, 11) is 0. The van der Waals surface area contributed by atoms with Crippen LogP contribution in [-0.2, 0) is 0 Å². The summed E-state index contributed by atoms with van der Waals surface area (Å²) in [6.45, 7) is 2.15. The van der Waals surface area contributed by atoms with Gasteiger partial charge in [-0.25, -0.2) is 4.99 Å². The smallest absolute Gasteiger partial charge is 0.234 e. The minimum Gasteiger partial charge on any atom is -0.456 e. The predicted octanol–water partition coefficient (Wildman–Crippen LogP) is 12.9. The van der Waals surface area contributed by atoms with Gasteiger partial charge in [-0.15, -0.1) is 0 Å². The molecule has 0 radical (unpaired) electrons. The number of allylic oxidation sites excluding steroid dienone is 4. The van der Waals surface area contributed by atoms with E-state index in [2.05, 4.69) is 179 Å². The van der Waals surface area contributed by atoms with Gasteiger partial charge in [0, 0.05) is 43.6 Å². The number of fused-ring (bicyclic) bond motifs is 9. The Hall–Kier alpha value is -7.44. The van der Waals surface area contributed by atoms with Gasteiger partial charge in [0.05, 0.1) is 22.1 Å². The number of hydrogen-bond acceptors (Lipinski definition) is 4. The van der Waals surface area contributed by atoms with Gasteiger partial charge in [0.15, 0.2) is 0 Å². The molecular formula is C52H37N5O. The lowest BCUT2D eigenvalue weighted by Gasteiger charge is -2.24. The third kappa shape index (κ3) is 5.04. The highest BCUT2D eigenvalue weighted by atomic mass is 16.3. The Kier molecular flexibility index (Phi) is 7.23. The van der Waals surface area contributed by atoms with Crippen molar-refractivity contribution in [2.75, 3.05) is 0 Å². The second kappa shape index (κ2) is 12.8. The summed E-state index contributed by atoms with van der Waals surface area (Å²) < 4.78 is 11.0. The molecule has 1 N–H and O–H groups in total. The van der Waals surface area contributed by atoms with Crippen LogP contribution in [-0.4, -0.2) is 20.9 Å². The SMILES string of the molecule is Cc1cccc2oc3ccc(-c4ccc5c(c4)c4cc6c(cc4n5C4=NC(c5ccccc5)NC(c5ccccc5)=N4)c4ccccc4n6C4=CC=CCC4)cc3c12. The molecule has 4 heterocycles. The Morgan fingerprint density at radius 3 is 2.12 bits per heavy atom. The van der Waals surface area contributed by atoms with Gasteiger partial charge in [0.25, 0.3) is 0 Å². The standard InChI is InChI=1S/C52H37N5O/c1-32-14-13-23-48-49(32)42-29-36(25-27-47(42)58-48)35-24-26-44-39(28-35)41-31-45-40(38-21-11-12-22-43(38)56(45)37-19-9-4-10-20-37)30-46(41)57(44)52-54-50(33-15-5-2-6-16-33)53-51(55-52)34-17-7-3-8-18-34/h2-9,11-19,21-31,50H,10,20H2,1H3,(H,53,54,55). The Bertz CT molecular complexity index is 3430. The molecule has 3 aromatic heterocycles. The maximum absolute atomic E-state index is 6.29. The predicted molar refractivity (Wildman–Crippen MR) is 241 cm³/mol. The third-order valence-corrected chi connectivity index (χ3v) is 12.0. The van der Waals surface area contributed by atoms with Crippen molar-refractivity contribution in [2.24, 2.45) is 9.98 Å². The van der Waals surface area contributed by atoms with Crippen LogP contribution in [0.5, 0.6) is 0 Å². The fourth-order valence-electron chi connectivity index (χ4n) is 9.23. The molecular weight excluding hydrogens is 711 g/mol. The first-order valence-corrected chi connectivity index (χ1v) is 20.0. The van der Waals surface area contributed by atoms with Gasteiger partial charge in [-0.1, -0.05) is 115 Å². The van der Waals surface area contributed by atoms with Crippen molar-refractivity contribution in [1.82, 2.24) is 14.5 Å². The lowest BCUT2D eigenvalue weighted by Crippen LogP contribution is -2.35. The van der Waals surface area contributed by atoms with Crippen LogP contribution in [0.1, 0.15) is 35.7 Å². The van der Waals surface area contributed by atoms with Crippen LogP contribution < -0.4 is 5.32 Å². The Morgan fingerprint density at radius 1 is 0.586 bits per heavy atom. The number of para-hydroxylation sites is 1. The van der Waals surface area contributed by atoms with Crippen LogP contribution in [0.4, 0.5) is 0 Å². The number of aromatic nitrogens is 2. The van der Waals surface area contributed by atoms with E-state index in [-0.39, 0.29) is 6.17 Å². The summed E-state index contributed by atoms with van der Waals surface area (Å²) in [6.07, 6.45) is 8.40. The molecule has 10 aromatic rings. The molecule has 1 aliphatic heterocycles. The van der Waals surface area contributed by atoms with E-state index in [1.54, 1.807) is 0 Å². The minimum atomic E-state index is -0.326. The second-order valence-corrected chi connectivity index (χ2v) is 15.4. The molecule has 6 heteroatoms. The van der Waals surface area contributed by atoms with Gasteiger partial charge in [-0.3, -0.25) is 4.57 Å². The molecule has 0 bridgehead atoms. The van der Waals surface area contributed by atoms with Crippen molar-refractivity contribution in [3.8, 4) is 11.1 Å². The summed E-state index contributed by atoms with van der Waals surface area (Å²) in [4.78, 5) is 10.7. The zero-order valence-electron chi connectivity index (χ0n) is 31.9. The Morgan fingerprint density at radius 2 is 1.29 bits per heavy atom. The summed E-state index contributed by atoms with van der Waals surface area (Å²) in [5, 5.41) is 10.7. The van der Waals surface area contributed by atoms with Crippen molar-refractivity contribution in [3.05, 3.63) is 187 Å². The number of rotatable bonds is 4. The molecule has 0 fully saturated rings. The first-order valence-electron chi connectivity index (χ1n) is 20.0. The van der Waals surface area contributed by atoms with Gasteiger partial charge >= 0.3 is 0 Å². The third-order valence-electron chi connectivity index (χ3n) is 12.0. The molecule has 0 saturated carbocycles. The maximum Gasteiger partial charge on any atom is 0.234 e. The maximum atomic E-state index is 6.29. The van der Waals surface area contributed by atoms with Crippen LogP contribution in [0.3, 0.4) is 0 Å². The normalized spacial score (nSPS) is 15.7. The fourth-order valence-corrected chi connectivity index (χ4v) is 9.23. The zero-order chi connectivity index (χ0) is 38.3. The molecule has 12 rings (SSSR count). The quantitative estimate of drug-likeness (QED) is 0.195. The molecule has 0 amide bonds. The first kappa shape index (κ1) is 32.8. The average Bonchev–Trinajstić information content (AvgIpc) is 3.93. The van der Waals surface area contributed by atoms with E-state index in [1.807, 2.05) is 12.1 Å². The van der Waals surface area contributed by atoms with Gasteiger partial charge in [-0.2, -0.15) is 4.99 Å². The largest absolute Gasteiger partial charge is 0.456 e. The van der Waals surface area contributed by atoms with E-state index in [0.29, 0.717) is 5.96 Å². The molecule has 276 valence electrons. The van der Waals surface area contributed by atoms with Crippen molar-refractivity contribution in [2.45, 2.75) is 25.9 Å². The Labute approximate surface area is 334 Å². The molecule has 58 heavy (non-hydrogen) atoms. The van der Waals surface area contributed by atoms with Crippen LogP contribution in [0.25, 0.3) is 82.4 Å². The van der Waals surface area contributed by atoms with E-state index in [0.717, 1.165) is 79.3 Å². The van der Waals surface area contributed by atoms with Crippen LogP contribution in [0.2, 0.25) is 0 Å². The second-order valence-electron chi connectivity index (χ2n) is 15.4. The summed E-state index contributed by atoms with van der Waals surface area (Å²) in [5.74, 6) is 1.43. The first-order chi connectivity index (χ1) is 28.7. The molecule has 0 saturated heterocycles. The molecule has 1 unspecified atom stereocenters. The lowest BCUT2D eigenvalue weighted by molar-refractivity contribution is 0.668. The van der Waals surface area contributed by atoms with Crippen LogP contribution in [0.15, 0.2) is 184 Å². The van der Waals surface area contributed by atoms with Gasteiger partial charge < -0.3 is 14.3 Å². The average molecular weight is 748 g/mol. The number of nitrogens with one attached hydrogen (secondary N) is 1.